The first-order chi connectivity index (χ1) is 10.2. The van der Waals surface area contributed by atoms with Gasteiger partial charge in [0.25, 0.3) is 0 Å². The van der Waals surface area contributed by atoms with Gasteiger partial charge < -0.3 is 4.74 Å². The smallest absolute Gasteiger partial charge is 0.166 e. The van der Waals surface area contributed by atoms with Gasteiger partial charge in [-0.05, 0) is 37.7 Å². The van der Waals surface area contributed by atoms with Crippen molar-refractivity contribution in [3.63, 3.8) is 0 Å². The molecule has 114 valence electrons. The molecule has 3 rings (SSSR count). The summed E-state index contributed by atoms with van der Waals surface area (Å²) in [6.45, 7) is 2.88. The van der Waals surface area contributed by atoms with Gasteiger partial charge in [-0.2, -0.15) is 0 Å². The van der Waals surface area contributed by atoms with E-state index < -0.39 is 0 Å². The maximum absolute atomic E-state index is 12.9. The highest BCUT2D eigenvalue weighted by Gasteiger charge is 2.40. The van der Waals surface area contributed by atoms with Crippen LogP contribution < -0.4 is 0 Å². The van der Waals surface area contributed by atoms with Gasteiger partial charge >= 0.3 is 0 Å². The molecule has 1 aromatic carbocycles. The summed E-state index contributed by atoms with van der Waals surface area (Å²) in [5, 5.41) is 0. The van der Waals surface area contributed by atoms with Crippen molar-refractivity contribution in [3.8, 4) is 0 Å². The van der Waals surface area contributed by atoms with E-state index in [-0.39, 0.29) is 11.5 Å². The fourth-order valence-electron chi connectivity index (χ4n) is 4.09. The van der Waals surface area contributed by atoms with Crippen molar-refractivity contribution in [2.24, 2.45) is 5.92 Å². The first kappa shape index (κ1) is 14.8. The molecule has 1 saturated carbocycles. The number of rotatable bonds is 3. The van der Waals surface area contributed by atoms with E-state index in [0.717, 1.165) is 44.3 Å². The van der Waals surface area contributed by atoms with Gasteiger partial charge in [-0.3, -0.25) is 4.79 Å². The minimum atomic E-state index is 0.0119. The van der Waals surface area contributed by atoms with Crippen molar-refractivity contribution in [3.05, 3.63) is 35.4 Å². The van der Waals surface area contributed by atoms with Crippen molar-refractivity contribution in [1.29, 1.82) is 0 Å². The second-order valence-electron chi connectivity index (χ2n) is 6.66. The van der Waals surface area contributed by atoms with Gasteiger partial charge in [0.2, 0.25) is 0 Å². The molecule has 2 fully saturated rings. The van der Waals surface area contributed by atoms with E-state index in [2.05, 4.69) is 13.0 Å². The highest BCUT2D eigenvalue weighted by molar-refractivity contribution is 5.99. The zero-order valence-electron chi connectivity index (χ0n) is 13.1. The lowest BCUT2D eigenvalue weighted by molar-refractivity contribution is -0.111. The molecule has 1 spiro atoms. The van der Waals surface area contributed by atoms with Gasteiger partial charge in [0.05, 0.1) is 5.60 Å². The predicted octanol–water partition coefficient (Wildman–Crippen LogP) is 4.56. The summed E-state index contributed by atoms with van der Waals surface area (Å²) in [7, 11) is 0. The number of Topliss-reactive ketones (excluding diaryl/α,β-unsaturated/α-hetero) is 1. The number of carbonyl (C=O) groups is 1. The van der Waals surface area contributed by atoms with Crippen LogP contribution >= 0.6 is 0 Å². The Bertz CT molecular complexity index is 495. The summed E-state index contributed by atoms with van der Waals surface area (Å²) in [6.07, 6.45) is 8.87. The Balaban J connectivity index is 1.78. The molecule has 0 radical (unpaired) electrons. The molecule has 2 heteroatoms. The second kappa shape index (κ2) is 6.31. The van der Waals surface area contributed by atoms with E-state index in [1.165, 1.54) is 24.8 Å². The number of aryl methyl sites for hydroxylation is 1. The van der Waals surface area contributed by atoms with Gasteiger partial charge in [-0.1, -0.05) is 50.5 Å². The monoisotopic (exact) mass is 286 g/mol. The fourth-order valence-corrected chi connectivity index (χ4v) is 4.09. The molecule has 1 unspecified atom stereocenters. The van der Waals surface area contributed by atoms with Crippen LogP contribution in [0.15, 0.2) is 24.3 Å². The van der Waals surface area contributed by atoms with Gasteiger partial charge in [-0.15, -0.1) is 0 Å². The lowest BCUT2D eigenvalue weighted by atomic mass is 9.74. The van der Waals surface area contributed by atoms with Crippen LogP contribution in [0, 0.1) is 5.92 Å². The van der Waals surface area contributed by atoms with Gasteiger partial charge in [0.1, 0.15) is 0 Å². The Kier molecular flexibility index (Phi) is 4.44. The van der Waals surface area contributed by atoms with Gasteiger partial charge in [-0.25, -0.2) is 0 Å². The SMILES string of the molecule is CCc1ccccc1C(=O)C1CCOC2(CCCCC2)C1. The Morgan fingerprint density at radius 1 is 1.24 bits per heavy atom. The van der Waals surface area contributed by atoms with Crippen LogP contribution in [0.2, 0.25) is 0 Å². The summed E-state index contributed by atoms with van der Waals surface area (Å²) in [6, 6.07) is 8.11. The van der Waals surface area contributed by atoms with E-state index in [1.807, 2.05) is 18.2 Å². The van der Waals surface area contributed by atoms with Crippen LogP contribution in [0.25, 0.3) is 0 Å². The molecular weight excluding hydrogens is 260 g/mol. The van der Waals surface area contributed by atoms with Crippen molar-refractivity contribution >= 4 is 5.78 Å². The topological polar surface area (TPSA) is 26.3 Å². The maximum atomic E-state index is 12.9. The number of ketones is 1. The molecule has 1 heterocycles. The summed E-state index contributed by atoms with van der Waals surface area (Å²) in [5.74, 6) is 0.505. The third-order valence-electron chi connectivity index (χ3n) is 5.29. The lowest BCUT2D eigenvalue weighted by Crippen LogP contribution is -2.43. The molecule has 2 aliphatic rings. The number of hydrogen-bond acceptors (Lipinski definition) is 2. The lowest BCUT2D eigenvalue weighted by Gasteiger charge is -2.43. The Labute approximate surface area is 127 Å². The highest BCUT2D eigenvalue weighted by Crippen LogP contribution is 2.41. The second-order valence-corrected chi connectivity index (χ2v) is 6.66. The summed E-state index contributed by atoms with van der Waals surface area (Å²) in [5.41, 5.74) is 2.14. The van der Waals surface area contributed by atoms with Crippen LogP contribution in [-0.2, 0) is 11.2 Å². The normalized spacial score (nSPS) is 24.9. The predicted molar refractivity (Wildman–Crippen MR) is 84.6 cm³/mol. The minimum Gasteiger partial charge on any atom is -0.375 e. The number of benzene rings is 1. The van der Waals surface area contributed by atoms with Crippen LogP contribution in [0.1, 0.15) is 67.8 Å². The van der Waals surface area contributed by atoms with Gasteiger partial charge in [0.15, 0.2) is 5.78 Å². The van der Waals surface area contributed by atoms with Crippen molar-refractivity contribution in [2.45, 2.75) is 63.9 Å². The summed E-state index contributed by atoms with van der Waals surface area (Å²) in [4.78, 5) is 12.9. The van der Waals surface area contributed by atoms with E-state index in [4.69, 9.17) is 4.74 Å². The molecule has 2 nitrogen and oxygen atoms in total. The quantitative estimate of drug-likeness (QED) is 0.761. The minimum absolute atomic E-state index is 0.0119. The van der Waals surface area contributed by atoms with Crippen molar-refractivity contribution in [1.82, 2.24) is 0 Å². The first-order valence-corrected chi connectivity index (χ1v) is 8.50. The van der Waals surface area contributed by atoms with Crippen LogP contribution in [-0.4, -0.2) is 18.0 Å². The van der Waals surface area contributed by atoms with Crippen LogP contribution in [0.4, 0.5) is 0 Å². The van der Waals surface area contributed by atoms with Crippen molar-refractivity contribution in [2.75, 3.05) is 6.61 Å². The molecule has 0 N–H and O–H groups in total. The molecule has 1 aromatic rings. The summed E-state index contributed by atoms with van der Waals surface area (Å²) < 4.78 is 6.13. The zero-order chi connectivity index (χ0) is 14.7. The average Bonchev–Trinajstić information content (AvgIpc) is 2.55. The van der Waals surface area contributed by atoms with E-state index in [1.54, 1.807) is 0 Å². The molecule has 0 bridgehead atoms. The maximum Gasteiger partial charge on any atom is 0.166 e. The third kappa shape index (κ3) is 3.06. The first-order valence-electron chi connectivity index (χ1n) is 8.50. The average molecular weight is 286 g/mol. The van der Waals surface area contributed by atoms with Crippen molar-refractivity contribution < 1.29 is 9.53 Å². The molecule has 21 heavy (non-hydrogen) atoms. The third-order valence-corrected chi connectivity index (χ3v) is 5.29. The molecular formula is C19H26O2. The molecule has 0 amide bonds. The Morgan fingerprint density at radius 2 is 2.00 bits per heavy atom. The highest BCUT2D eigenvalue weighted by atomic mass is 16.5. The molecule has 1 aliphatic heterocycles. The van der Waals surface area contributed by atoms with E-state index >= 15 is 0 Å². The number of hydrogen-bond donors (Lipinski definition) is 0. The van der Waals surface area contributed by atoms with Crippen LogP contribution in [0.5, 0.6) is 0 Å². The molecule has 1 atom stereocenters. The fraction of sp³-hybridized carbons (Fsp3) is 0.632. The number of ether oxygens (including phenoxy) is 1. The molecule has 0 aromatic heterocycles. The largest absolute Gasteiger partial charge is 0.375 e. The summed E-state index contributed by atoms with van der Waals surface area (Å²) >= 11 is 0. The van der Waals surface area contributed by atoms with Crippen LogP contribution in [0.3, 0.4) is 0 Å². The standard InChI is InChI=1S/C19H26O2/c1-2-15-8-4-5-9-17(15)18(20)16-10-13-21-19(14-16)11-6-3-7-12-19/h4-5,8-9,16H,2-3,6-7,10-14H2,1H3. The van der Waals surface area contributed by atoms with Gasteiger partial charge in [0, 0.05) is 18.1 Å². The Morgan fingerprint density at radius 3 is 2.76 bits per heavy atom. The zero-order valence-corrected chi connectivity index (χ0v) is 13.1. The number of carbonyl (C=O) groups excluding carboxylic acids is 1. The van der Waals surface area contributed by atoms with E-state index in [0.29, 0.717) is 5.78 Å². The van der Waals surface area contributed by atoms with E-state index in [9.17, 15) is 4.79 Å². The molecule has 1 saturated heterocycles. The Hall–Kier alpha value is -1.15. The molecule has 1 aliphatic carbocycles.